The van der Waals surface area contributed by atoms with E-state index in [-0.39, 0.29) is 16.2 Å². The van der Waals surface area contributed by atoms with E-state index in [1.54, 1.807) is 0 Å². The Hall–Kier alpha value is -6.34. The van der Waals surface area contributed by atoms with Crippen LogP contribution in [0, 0.1) is 6.92 Å². The molecule has 0 bridgehead atoms. The van der Waals surface area contributed by atoms with Gasteiger partial charge in [0.1, 0.15) is 11.2 Å². The number of benzene rings is 8. The predicted molar refractivity (Wildman–Crippen MR) is 293 cm³/mol. The average Bonchev–Trinajstić information content (AvgIpc) is 4.05. The van der Waals surface area contributed by atoms with Gasteiger partial charge in [-0.2, -0.15) is 0 Å². The van der Waals surface area contributed by atoms with Crippen LogP contribution in [-0.4, -0.2) is 11.8 Å². The largest absolute Gasteiger partial charge is 0.456 e. The minimum Gasteiger partial charge on any atom is -0.456 e. The minimum atomic E-state index is 0.0659. The lowest BCUT2D eigenvalue weighted by Gasteiger charge is -2.41. The van der Waals surface area contributed by atoms with Crippen molar-refractivity contribution in [3.63, 3.8) is 0 Å². The topological polar surface area (TPSA) is 30.1 Å². The minimum absolute atomic E-state index is 0.0659. The molecule has 0 amide bonds. The standard InChI is InChI=1S/C61H50BN2OS2/c1-32-23-42(37-29-53-41(26-47(37)63-34-19-17-33(18-20-34)59(2,3)4)39-24-44-45(30-54(39)67-53)61(7,8)22-21-60(44,5)6)57-58-56(32)43-28-51-38(35-13-9-11-15-50(35)65-51)27-48(43)64(58)49-31-55-40(25-46(49)62-57)36-14-10-12-16-52(36)66-55/h9-20,23-31,63H,21-22H2,1-8H3. The van der Waals surface area contributed by atoms with Crippen molar-refractivity contribution >= 4 is 136 Å². The fraction of sp³-hybridized carbons (Fsp3) is 0.213. The van der Waals surface area contributed by atoms with E-state index >= 15 is 0 Å². The van der Waals surface area contributed by atoms with Crippen molar-refractivity contribution in [1.82, 2.24) is 4.57 Å². The van der Waals surface area contributed by atoms with E-state index in [1.165, 1.54) is 125 Å². The molecule has 14 rings (SSSR count). The molecule has 8 aromatic carbocycles. The van der Waals surface area contributed by atoms with E-state index in [2.05, 4.69) is 200 Å². The fourth-order valence-electron chi connectivity index (χ4n) is 11.9. The first-order chi connectivity index (χ1) is 32.2. The molecule has 67 heavy (non-hydrogen) atoms. The number of para-hydroxylation sites is 1. The lowest BCUT2D eigenvalue weighted by Crippen LogP contribution is -2.37. The van der Waals surface area contributed by atoms with Gasteiger partial charge in [-0.25, -0.2) is 0 Å². The monoisotopic (exact) mass is 901 g/mol. The number of rotatable bonds is 3. The summed E-state index contributed by atoms with van der Waals surface area (Å²) in [6.45, 7) is 18.9. The number of aryl methyl sites for hydroxylation is 1. The zero-order valence-corrected chi connectivity index (χ0v) is 40.9. The molecule has 0 atom stereocenters. The van der Waals surface area contributed by atoms with E-state index in [0.717, 1.165) is 33.3 Å². The molecule has 0 saturated carbocycles. The molecule has 1 N–H and O–H groups in total. The van der Waals surface area contributed by atoms with Crippen LogP contribution in [0.25, 0.3) is 101 Å². The molecule has 325 valence electrons. The molecule has 1 aliphatic heterocycles. The smallest absolute Gasteiger partial charge is 0.197 e. The normalized spacial score (nSPS) is 15.4. The summed E-state index contributed by atoms with van der Waals surface area (Å²) in [7, 11) is 2.49. The number of hydrogen-bond donors (Lipinski definition) is 1. The zero-order valence-electron chi connectivity index (χ0n) is 39.3. The molecule has 0 saturated heterocycles. The van der Waals surface area contributed by atoms with Crippen LogP contribution in [0.4, 0.5) is 11.4 Å². The maximum absolute atomic E-state index is 6.59. The zero-order chi connectivity index (χ0) is 45.5. The molecule has 0 unspecified atom stereocenters. The van der Waals surface area contributed by atoms with Crippen molar-refractivity contribution in [3.8, 4) is 16.8 Å². The Morgan fingerprint density at radius 1 is 0.597 bits per heavy atom. The van der Waals surface area contributed by atoms with Gasteiger partial charge in [0.2, 0.25) is 0 Å². The Kier molecular flexibility index (Phi) is 7.98. The van der Waals surface area contributed by atoms with Crippen molar-refractivity contribution in [2.75, 3.05) is 5.32 Å². The third kappa shape index (κ3) is 5.69. The van der Waals surface area contributed by atoms with Crippen molar-refractivity contribution in [3.05, 3.63) is 150 Å². The van der Waals surface area contributed by atoms with Crippen LogP contribution < -0.4 is 16.2 Å². The maximum Gasteiger partial charge on any atom is 0.197 e. The first-order valence-electron chi connectivity index (χ1n) is 23.9. The number of aromatic nitrogens is 1. The average molecular weight is 902 g/mol. The first-order valence-corrected chi connectivity index (χ1v) is 25.5. The van der Waals surface area contributed by atoms with Gasteiger partial charge < -0.3 is 14.3 Å². The fourth-order valence-corrected chi connectivity index (χ4v) is 14.2. The predicted octanol–water partition coefficient (Wildman–Crippen LogP) is 16.8. The number of anilines is 2. The van der Waals surface area contributed by atoms with Crippen LogP contribution in [0.15, 0.2) is 132 Å². The van der Waals surface area contributed by atoms with Gasteiger partial charge in [0.25, 0.3) is 0 Å². The molecule has 1 aliphatic carbocycles. The third-order valence-electron chi connectivity index (χ3n) is 15.7. The number of nitrogens with one attached hydrogen (secondary N) is 1. The summed E-state index contributed by atoms with van der Waals surface area (Å²) in [6, 6.07) is 48.6. The van der Waals surface area contributed by atoms with E-state index in [9.17, 15) is 0 Å². The highest BCUT2D eigenvalue weighted by Gasteiger charge is 2.38. The van der Waals surface area contributed by atoms with E-state index < -0.39 is 0 Å². The van der Waals surface area contributed by atoms with Gasteiger partial charge in [-0.3, -0.25) is 0 Å². The van der Waals surface area contributed by atoms with Crippen molar-refractivity contribution in [2.24, 2.45) is 0 Å². The molecule has 0 spiro atoms. The van der Waals surface area contributed by atoms with Gasteiger partial charge >= 0.3 is 0 Å². The second-order valence-corrected chi connectivity index (χ2v) is 24.1. The van der Waals surface area contributed by atoms with Crippen molar-refractivity contribution < 1.29 is 4.42 Å². The summed E-state index contributed by atoms with van der Waals surface area (Å²) >= 11 is 3.84. The van der Waals surface area contributed by atoms with Gasteiger partial charge in [-0.05, 0) is 141 Å². The second kappa shape index (κ2) is 13.4. The summed E-state index contributed by atoms with van der Waals surface area (Å²) < 4.78 is 14.5. The van der Waals surface area contributed by atoms with E-state index in [1.807, 2.05) is 22.7 Å². The molecule has 2 aliphatic rings. The molecule has 5 heterocycles. The first kappa shape index (κ1) is 39.8. The maximum atomic E-state index is 6.59. The molecule has 1 radical (unpaired) electrons. The summed E-state index contributed by atoms with van der Waals surface area (Å²) in [5.41, 5.74) is 18.6. The number of fused-ring (bicyclic) bond motifs is 15. The van der Waals surface area contributed by atoms with Gasteiger partial charge in [0, 0.05) is 84.6 Å². The molecule has 6 heteroatoms. The van der Waals surface area contributed by atoms with Crippen molar-refractivity contribution in [2.45, 2.75) is 84.5 Å². The molecule has 4 aromatic heterocycles. The summed E-state index contributed by atoms with van der Waals surface area (Å²) in [4.78, 5) is 0. The lowest BCUT2D eigenvalue weighted by atomic mass is 9.58. The van der Waals surface area contributed by atoms with Crippen molar-refractivity contribution in [1.29, 1.82) is 0 Å². The Balaban J connectivity index is 1.07. The van der Waals surface area contributed by atoms with Gasteiger partial charge in [0.05, 0.1) is 5.52 Å². The Morgan fingerprint density at radius 3 is 2.06 bits per heavy atom. The highest BCUT2D eigenvalue weighted by Crippen LogP contribution is 2.51. The second-order valence-electron chi connectivity index (χ2n) is 21.9. The van der Waals surface area contributed by atoms with Gasteiger partial charge in [-0.15, -0.1) is 22.7 Å². The van der Waals surface area contributed by atoms with Crippen LogP contribution in [0.2, 0.25) is 0 Å². The Morgan fingerprint density at radius 2 is 1.27 bits per heavy atom. The SMILES string of the molecule is Cc1cc(-c2cc3sc4cc5c(cc4c3cc2Nc2ccc(C(C)(C)C)cc2)C(C)(C)CCC5(C)C)c2c3c1c1cc4oc5ccccc5c4cc1n3-c1cc3sc4ccccc4c3cc1[B]2. The van der Waals surface area contributed by atoms with E-state index in [4.69, 9.17) is 4.42 Å². The van der Waals surface area contributed by atoms with Crippen LogP contribution >= 0.6 is 22.7 Å². The number of thiophene rings is 2. The lowest BCUT2D eigenvalue weighted by molar-refractivity contribution is 0.332. The summed E-state index contributed by atoms with van der Waals surface area (Å²) in [6.07, 6.45) is 2.40. The highest BCUT2D eigenvalue weighted by atomic mass is 32.1. The van der Waals surface area contributed by atoms with Crippen LogP contribution in [-0.2, 0) is 16.2 Å². The van der Waals surface area contributed by atoms with Crippen LogP contribution in [0.1, 0.15) is 83.6 Å². The molecule has 3 nitrogen and oxygen atoms in total. The Bertz CT molecular complexity index is 4150. The van der Waals surface area contributed by atoms with Gasteiger partial charge in [0.15, 0.2) is 7.28 Å². The quantitative estimate of drug-likeness (QED) is 0.179. The summed E-state index contributed by atoms with van der Waals surface area (Å²) in [5, 5.41) is 14.1. The third-order valence-corrected chi connectivity index (χ3v) is 18.0. The molecule has 0 fully saturated rings. The number of nitrogens with zero attached hydrogens (tertiary/aromatic N) is 1. The number of furan rings is 1. The van der Waals surface area contributed by atoms with Crippen LogP contribution in [0.3, 0.4) is 0 Å². The van der Waals surface area contributed by atoms with Gasteiger partial charge in [-0.1, -0.05) is 115 Å². The molecular weight excluding hydrogens is 852 g/mol. The summed E-state index contributed by atoms with van der Waals surface area (Å²) in [5.74, 6) is 0. The molecular formula is C61H50BN2OS2. The Labute approximate surface area is 399 Å². The molecule has 12 aromatic rings. The number of hydrogen-bond acceptors (Lipinski definition) is 4. The van der Waals surface area contributed by atoms with E-state index in [0.29, 0.717) is 0 Å². The van der Waals surface area contributed by atoms with Crippen LogP contribution in [0.5, 0.6) is 0 Å². The highest BCUT2D eigenvalue weighted by molar-refractivity contribution is 7.26.